The average molecular weight is 793 g/mol. The van der Waals surface area contributed by atoms with Crippen molar-refractivity contribution in [3.63, 3.8) is 0 Å². The van der Waals surface area contributed by atoms with Crippen LogP contribution in [-0.4, -0.2) is 182 Å². The Kier molecular flexibility index (Phi) is 35.8. The molecule has 0 fully saturated rings. The van der Waals surface area contributed by atoms with Crippen molar-refractivity contribution in [1.29, 1.82) is 0 Å². The van der Waals surface area contributed by atoms with Gasteiger partial charge >= 0.3 is 8.56 Å². The Balaban J connectivity index is 3.27. The maximum Gasteiger partial charge on any atom is 0.314 e. The van der Waals surface area contributed by atoms with Crippen LogP contribution < -0.4 is 0 Å². The molecular formula is C34H76O14Si3. The maximum absolute atomic E-state index is 8.59. The lowest BCUT2D eigenvalue weighted by atomic mass is 10.3. The Labute approximate surface area is 313 Å². The van der Waals surface area contributed by atoms with Crippen LogP contribution in [0.3, 0.4) is 0 Å². The van der Waals surface area contributed by atoms with Crippen molar-refractivity contribution in [1.82, 2.24) is 0 Å². The summed E-state index contributed by atoms with van der Waals surface area (Å²) in [6.07, 6.45) is 3.29. The summed E-state index contributed by atoms with van der Waals surface area (Å²) >= 11 is 0. The monoisotopic (exact) mass is 792 g/mol. The summed E-state index contributed by atoms with van der Waals surface area (Å²) in [4.78, 5) is 0. The number of ether oxygens (including phenoxy) is 11. The van der Waals surface area contributed by atoms with E-state index >= 15 is 0 Å². The highest BCUT2D eigenvalue weighted by Crippen LogP contribution is 2.26. The predicted molar refractivity (Wildman–Crippen MR) is 205 cm³/mol. The number of aliphatic hydroxyl groups excluding tert-OH is 1. The van der Waals surface area contributed by atoms with Crippen LogP contribution in [0.1, 0.15) is 19.3 Å². The van der Waals surface area contributed by atoms with Crippen LogP contribution in [0.2, 0.25) is 51.9 Å². The molecule has 0 radical (unpaired) electrons. The van der Waals surface area contributed by atoms with Gasteiger partial charge in [-0.15, -0.1) is 0 Å². The molecule has 0 saturated heterocycles. The summed E-state index contributed by atoms with van der Waals surface area (Å²) in [6, 6.07) is 1.05. The van der Waals surface area contributed by atoms with E-state index < -0.39 is 25.2 Å². The topological polar surface area (TPSA) is 140 Å². The normalized spacial score (nSPS) is 12.7. The second kappa shape index (κ2) is 35.8. The van der Waals surface area contributed by atoms with Crippen molar-refractivity contribution in [2.45, 2.75) is 71.1 Å². The first-order chi connectivity index (χ1) is 24.5. The van der Waals surface area contributed by atoms with Gasteiger partial charge in [0, 0.05) is 6.61 Å². The Morgan fingerprint density at radius 2 is 0.529 bits per heavy atom. The fourth-order valence-corrected chi connectivity index (χ4v) is 17.2. The molecule has 0 unspecified atom stereocenters. The third-order valence-corrected chi connectivity index (χ3v) is 16.0. The molecule has 0 bridgehead atoms. The SMILES string of the molecule is C[Si](C)(C)O[Si](C)(CCCCCOCCOCCOCCOCCOCCOCCOCCOCCOCCOCCOCCO)O[Si](C)(C)C. The zero-order valence-corrected chi connectivity index (χ0v) is 36.3. The van der Waals surface area contributed by atoms with Gasteiger partial charge < -0.3 is 65.4 Å². The lowest BCUT2D eigenvalue weighted by Crippen LogP contribution is -2.52. The Bertz CT molecular complexity index is 701. The van der Waals surface area contributed by atoms with Gasteiger partial charge in [0.25, 0.3) is 0 Å². The fourth-order valence-electron chi connectivity index (χ4n) is 4.61. The lowest BCUT2D eigenvalue weighted by molar-refractivity contribution is -0.0278. The molecule has 0 aromatic carbocycles. The number of hydrogen-bond acceptors (Lipinski definition) is 14. The first kappa shape index (κ1) is 51.1. The minimum absolute atomic E-state index is 0.0257. The van der Waals surface area contributed by atoms with Crippen molar-refractivity contribution in [2.75, 3.05) is 152 Å². The smallest absolute Gasteiger partial charge is 0.314 e. The lowest BCUT2D eigenvalue weighted by Gasteiger charge is -2.38. The van der Waals surface area contributed by atoms with Crippen molar-refractivity contribution in [3.05, 3.63) is 0 Å². The first-order valence-electron chi connectivity index (χ1n) is 18.8. The number of unbranched alkanes of at least 4 members (excludes halogenated alkanes) is 2. The highest BCUT2D eigenvalue weighted by atomic mass is 28.5. The van der Waals surface area contributed by atoms with E-state index in [0.717, 1.165) is 31.9 Å². The zero-order valence-electron chi connectivity index (χ0n) is 33.3. The molecule has 0 amide bonds. The van der Waals surface area contributed by atoms with Gasteiger partial charge in [-0.25, -0.2) is 0 Å². The summed E-state index contributed by atoms with van der Waals surface area (Å²) in [5, 5.41) is 8.59. The molecule has 0 aliphatic heterocycles. The third-order valence-electron chi connectivity index (χ3n) is 6.42. The minimum Gasteiger partial charge on any atom is -0.437 e. The Hall–Kier alpha value is 0.0906. The maximum atomic E-state index is 8.59. The van der Waals surface area contributed by atoms with E-state index in [0.29, 0.717) is 139 Å². The van der Waals surface area contributed by atoms with Crippen molar-refractivity contribution in [2.24, 2.45) is 0 Å². The molecule has 0 aromatic rings. The molecule has 0 saturated carbocycles. The van der Waals surface area contributed by atoms with Gasteiger partial charge in [-0.05, 0) is 58.3 Å². The summed E-state index contributed by atoms with van der Waals surface area (Å²) in [5.41, 5.74) is 0. The van der Waals surface area contributed by atoms with Gasteiger partial charge in [-0.3, -0.25) is 0 Å². The number of hydrogen-bond donors (Lipinski definition) is 1. The van der Waals surface area contributed by atoms with E-state index in [2.05, 4.69) is 45.8 Å². The van der Waals surface area contributed by atoms with Crippen LogP contribution in [0.15, 0.2) is 0 Å². The van der Waals surface area contributed by atoms with Crippen LogP contribution in [0.4, 0.5) is 0 Å². The fraction of sp³-hybridized carbons (Fsp3) is 1.00. The number of aliphatic hydroxyl groups is 1. The molecule has 0 rings (SSSR count). The molecule has 308 valence electrons. The molecule has 14 nitrogen and oxygen atoms in total. The molecule has 51 heavy (non-hydrogen) atoms. The molecule has 0 atom stereocenters. The Morgan fingerprint density at radius 3 is 0.765 bits per heavy atom. The van der Waals surface area contributed by atoms with Crippen molar-refractivity contribution >= 4 is 25.2 Å². The molecule has 1 N–H and O–H groups in total. The van der Waals surface area contributed by atoms with Gasteiger partial charge in [0.15, 0.2) is 16.6 Å². The Morgan fingerprint density at radius 1 is 0.294 bits per heavy atom. The molecule has 0 heterocycles. The molecule has 0 aliphatic carbocycles. The van der Waals surface area contributed by atoms with Crippen molar-refractivity contribution < 1.29 is 65.4 Å². The highest BCUT2D eigenvalue weighted by Gasteiger charge is 2.39. The average Bonchev–Trinajstić information content (AvgIpc) is 3.04. The zero-order chi connectivity index (χ0) is 37.8. The van der Waals surface area contributed by atoms with E-state index in [-0.39, 0.29) is 6.61 Å². The van der Waals surface area contributed by atoms with E-state index in [1.165, 1.54) is 0 Å². The van der Waals surface area contributed by atoms with E-state index in [9.17, 15) is 0 Å². The van der Waals surface area contributed by atoms with E-state index in [4.69, 9.17) is 65.4 Å². The molecule has 17 heteroatoms. The second-order valence-corrected chi connectivity index (χ2v) is 26.7. The van der Waals surface area contributed by atoms with Crippen LogP contribution in [0.25, 0.3) is 0 Å². The standard InChI is InChI=1S/C34H76O14Si3/c1-49(2,3)47-51(7,48-50(4,5)6)34-10-8-9-12-36-14-16-38-18-20-40-22-24-42-26-28-44-30-32-46-33-31-45-29-27-43-25-23-41-21-19-39-17-15-37-13-11-35/h35H,8-34H2,1-7H3. The van der Waals surface area contributed by atoms with Gasteiger partial charge in [-0.1, -0.05) is 12.8 Å². The second-order valence-electron chi connectivity index (χ2n) is 13.8. The van der Waals surface area contributed by atoms with Gasteiger partial charge in [0.2, 0.25) is 0 Å². The summed E-state index contributed by atoms with van der Waals surface area (Å²) < 4.78 is 73.3. The molecular weight excluding hydrogens is 717 g/mol. The largest absolute Gasteiger partial charge is 0.437 e. The first-order valence-corrected chi connectivity index (χ1v) is 28.2. The van der Waals surface area contributed by atoms with E-state index in [1.807, 2.05) is 0 Å². The summed E-state index contributed by atoms with van der Waals surface area (Å²) in [7, 11) is -5.40. The predicted octanol–water partition coefficient (Wildman–Crippen LogP) is 4.11. The van der Waals surface area contributed by atoms with Gasteiger partial charge in [0.1, 0.15) is 0 Å². The summed E-state index contributed by atoms with van der Waals surface area (Å²) in [6.45, 7) is 27.2. The number of rotatable bonds is 42. The third kappa shape index (κ3) is 42.7. The quantitative estimate of drug-likeness (QED) is 0.0701. The van der Waals surface area contributed by atoms with Gasteiger partial charge in [-0.2, -0.15) is 0 Å². The minimum atomic E-state index is -2.13. The van der Waals surface area contributed by atoms with Crippen LogP contribution in [0, 0.1) is 0 Å². The van der Waals surface area contributed by atoms with Crippen LogP contribution >= 0.6 is 0 Å². The molecule has 0 aliphatic rings. The van der Waals surface area contributed by atoms with Crippen molar-refractivity contribution in [3.8, 4) is 0 Å². The summed E-state index contributed by atoms with van der Waals surface area (Å²) in [5.74, 6) is 0. The highest BCUT2D eigenvalue weighted by molar-refractivity contribution is 6.87. The van der Waals surface area contributed by atoms with E-state index in [1.54, 1.807) is 0 Å². The van der Waals surface area contributed by atoms with Crippen LogP contribution in [-0.2, 0) is 60.3 Å². The van der Waals surface area contributed by atoms with Crippen LogP contribution in [0.5, 0.6) is 0 Å². The van der Waals surface area contributed by atoms with Gasteiger partial charge in [0.05, 0.1) is 145 Å². The molecule has 0 spiro atoms. The molecule has 0 aromatic heterocycles.